The molecule has 0 aliphatic rings. The van der Waals surface area contributed by atoms with E-state index >= 15 is 0 Å². The lowest BCUT2D eigenvalue weighted by Gasteiger charge is -2.09. The van der Waals surface area contributed by atoms with Crippen molar-refractivity contribution in [3.63, 3.8) is 0 Å². The minimum absolute atomic E-state index is 0.154. The van der Waals surface area contributed by atoms with Gasteiger partial charge in [-0.05, 0) is 24.0 Å². The third-order valence-electron chi connectivity index (χ3n) is 3.21. The molecule has 0 radical (unpaired) electrons. The van der Waals surface area contributed by atoms with Gasteiger partial charge in [-0.3, -0.25) is 4.79 Å². The summed E-state index contributed by atoms with van der Waals surface area (Å²) in [5, 5.41) is 3.75. The van der Waals surface area contributed by atoms with Crippen LogP contribution in [-0.4, -0.2) is 18.7 Å². The standard InChI is InChI=1S/C17H18N2O2/c1-21-19-16(17(18)20)15-10-6-5-9-14(15)12-11-13-7-3-2-4-8-13/h2-10H,11-12H2,1H3,(H2,18,20)/b19-16-. The summed E-state index contributed by atoms with van der Waals surface area (Å²) in [4.78, 5) is 16.3. The summed E-state index contributed by atoms with van der Waals surface area (Å²) >= 11 is 0. The van der Waals surface area contributed by atoms with Gasteiger partial charge < -0.3 is 10.6 Å². The van der Waals surface area contributed by atoms with Crippen LogP contribution in [0.1, 0.15) is 16.7 Å². The number of hydrogen-bond donors (Lipinski definition) is 1. The van der Waals surface area contributed by atoms with Crippen molar-refractivity contribution in [3.8, 4) is 0 Å². The van der Waals surface area contributed by atoms with Crippen LogP contribution in [0.15, 0.2) is 59.8 Å². The van der Waals surface area contributed by atoms with E-state index in [-0.39, 0.29) is 5.71 Å². The summed E-state index contributed by atoms with van der Waals surface area (Å²) in [6.07, 6.45) is 1.69. The number of benzene rings is 2. The average molecular weight is 282 g/mol. The van der Waals surface area contributed by atoms with Crippen molar-refractivity contribution < 1.29 is 9.63 Å². The van der Waals surface area contributed by atoms with Crippen LogP contribution in [-0.2, 0) is 22.5 Å². The van der Waals surface area contributed by atoms with Crippen LogP contribution in [0.5, 0.6) is 0 Å². The lowest BCUT2D eigenvalue weighted by atomic mass is 9.97. The third-order valence-corrected chi connectivity index (χ3v) is 3.21. The minimum atomic E-state index is -0.594. The Balaban J connectivity index is 2.24. The number of amides is 1. The predicted octanol–water partition coefficient (Wildman–Crippen LogP) is 2.31. The number of oxime groups is 1. The lowest BCUT2D eigenvalue weighted by molar-refractivity contribution is -0.112. The van der Waals surface area contributed by atoms with Gasteiger partial charge in [-0.2, -0.15) is 0 Å². The van der Waals surface area contributed by atoms with E-state index in [2.05, 4.69) is 17.3 Å². The van der Waals surface area contributed by atoms with Gasteiger partial charge in [0.1, 0.15) is 7.11 Å². The van der Waals surface area contributed by atoms with E-state index in [1.54, 1.807) is 0 Å². The van der Waals surface area contributed by atoms with Gasteiger partial charge in [0.15, 0.2) is 5.71 Å². The molecule has 0 unspecified atom stereocenters. The maximum Gasteiger partial charge on any atom is 0.271 e. The Morgan fingerprint density at radius 1 is 1.05 bits per heavy atom. The molecule has 2 aromatic rings. The van der Waals surface area contributed by atoms with Gasteiger partial charge >= 0.3 is 0 Å². The molecule has 21 heavy (non-hydrogen) atoms. The Kier molecular flexibility index (Phi) is 5.10. The molecule has 0 aliphatic heterocycles. The van der Waals surface area contributed by atoms with E-state index < -0.39 is 5.91 Å². The number of nitrogens with two attached hydrogens (primary N) is 1. The topological polar surface area (TPSA) is 64.7 Å². The summed E-state index contributed by atoms with van der Waals surface area (Å²) in [6.45, 7) is 0. The Hall–Kier alpha value is -2.62. The van der Waals surface area contributed by atoms with Gasteiger partial charge in [0, 0.05) is 5.56 Å². The Morgan fingerprint density at radius 3 is 2.38 bits per heavy atom. The first-order chi connectivity index (χ1) is 10.2. The number of carbonyl (C=O) groups excluding carboxylic acids is 1. The second-order valence-electron chi connectivity index (χ2n) is 4.63. The average Bonchev–Trinajstić information content (AvgIpc) is 2.52. The lowest BCUT2D eigenvalue weighted by Crippen LogP contribution is -2.25. The van der Waals surface area contributed by atoms with Crippen LogP contribution in [0, 0.1) is 0 Å². The monoisotopic (exact) mass is 282 g/mol. The summed E-state index contributed by atoms with van der Waals surface area (Å²) in [5.41, 5.74) is 8.53. The van der Waals surface area contributed by atoms with E-state index in [9.17, 15) is 4.79 Å². The van der Waals surface area contributed by atoms with E-state index in [0.717, 1.165) is 24.0 Å². The fourth-order valence-electron chi connectivity index (χ4n) is 2.21. The SMILES string of the molecule is CO/N=C(\C(N)=O)c1ccccc1CCc1ccccc1. The van der Waals surface area contributed by atoms with Gasteiger partial charge in [0.25, 0.3) is 5.91 Å². The van der Waals surface area contributed by atoms with Crippen LogP contribution >= 0.6 is 0 Å². The van der Waals surface area contributed by atoms with Crippen molar-refractivity contribution in [1.29, 1.82) is 0 Å². The van der Waals surface area contributed by atoms with Crippen molar-refractivity contribution in [2.24, 2.45) is 10.9 Å². The molecule has 0 atom stereocenters. The molecule has 108 valence electrons. The molecule has 0 spiro atoms. The highest BCUT2D eigenvalue weighted by atomic mass is 16.6. The molecule has 0 aromatic heterocycles. The molecule has 4 nitrogen and oxygen atoms in total. The van der Waals surface area contributed by atoms with Gasteiger partial charge in [0.05, 0.1) is 0 Å². The second-order valence-corrected chi connectivity index (χ2v) is 4.63. The van der Waals surface area contributed by atoms with Gasteiger partial charge in [-0.1, -0.05) is 59.8 Å². The first kappa shape index (κ1) is 14.8. The molecule has 0 fully saturated rings. The molecule has 2 aromatic carbocycles. The Labute approximate surface area is 124 Å². The zero-order valence-electron chi connectivity index (χ0n) is 12.0. The molecule has 0 heterocycles. The molecule has 2 N–H and O–H groups in total. The molecular formula is C17H18N2O2. The largest absolute Gasteiger partial charge is 0.398 e. The zero-order valence-corrected chi connectivity index (χ0v) is 12.0. The quantitative estimate of drug-likeness (QED) is 0.652. The van der Waals surface area contributed by atoms with E-state index in [4.69, 9.17) is 10.6 Å². The van der Waals surface area contributed by atoms with Gasteiger partial charge in [-0.25, -0.2) is 0 Å². The predicted molar refractivity (Wildman–Crippen MR) is 83.0 cm³/mol. The number of primary amides is 1. The summed E-state index contributed by atoms with van der Waals surface area (Å²) in [5.74, 6) is -0.594. The Morgan fingerprint density at radius 2 is 1.71 bits per heavy atom. The first-order valence-electron chi connectivity index (χ1n) is 6.75. The maximum absolute atomic E-state index is 11.5. The summed E-state index contributed by atoms with van der Waals surface area (Å²) in [7, 11) is 1.40. The highest BCUT2D eigenvalue weighted by Gasteiger charge is 2.15. The van der Waals surface area contributed by atoms with Gasteiger partial charge in [0.2, 0.25) is 0 Å². The van der Waals surface area contributed by atoms with E-state index in [0.29, 0.717) is 0 Å². The van der Waals surface area contributed by atoms with Crippen molar-refractivity contribution in [2.45, 2.75) is 12.8 Å². The highest BCUT2D eigenvalue weighted by molar-refractivity contribution is 6.45. The maximum atomic E-state index is 11.5. The molecule has 2 rings (SSSR count). The van der Waals surface area contributed by atoms with Crippen molar-refractivity contribution in [1.82, 2.24) is 0 Å². The first-order valence-corrected chi connectivity index (χ1v) is 6.75. The Bertz CT molecular complexity index is 636. The van der Waals surface area contributed by atoms with Crippen molar-refractivity contribution >= 4 is 11.6 Å². The van der Waals surface area contributed by atoms with E-state index in [1.807, 2.05) is 42.5 Å². The van der Waals surface area contributed by atoms with Crippen molar-refractivity contribution in [3.05, 3.63) is 71.3 Å². The van der Waals surface area contributed by atoms with Crippen LogP contribution in [0.25, 0.3) is 0 Å². The summed E-state index contributed by atoms with van der Waals surface area (Å²) < 4.78 is 0. The van der Waals surface area contributed by atoms with Crippen LogP contribution < -0.4 is 5.73 Å². The zero-order chi connectivity index (χ0) is 15.1. The van der Waals surface area contributed by atoms with Crippen LogP contribution in [0.2, 0.25) is 0 Å². The summed E-state index contributed by atoms with van der Waals surface area (Å²) in [6, 6.07) is 17.8. The molecule has 4 heteroatoms. The second kappa shape index (κ2) is 7.24. The van der Waals surface area contributed by atoms with Gasteiger partial charge in [-0.15, -0.1) is 0 Å². The van der Waals surface area contributed by atoms with Crippen LogP contribution in [0.4, 0.5) is 0 Å². The molecule has 0 bridgehead atoms. The fraction of sp³-hybridized carbons (Fsp3) is 0.176. The number of carbonyl (C=O) groups is 1. The number of rotatable bonds is 6. The molecule has 0 saturated heterocycles. The van der Waals surface area contributed by atoms with Crippen molar-refractivity contribution in [2.75, 3.05) is 7.11 Å². The number of hydrogen-bond acceptors (Lipinski definition) is 3. The molecule has 1 amide bonds. The number of nitrogens with zero attached hydrogens (tertiary/aromatic N) is 1. The van der Waals surface area contributed by atoms with Crippen LogP contribution in [0.3, 0.4) is 0 Å². The third kappa shape index (κ3) is 3.92. The molecule has 0 saturated carbocycles. The van der Waals surface area contributed by atoms with E-state index in [1.165, 1.54) is 12.7 Å². The number of aryl methyl sites for hydroxylation is 2. The minimum Gasteiger partial charge on any atom is -0.398 e. The molecular weight excluding hydrogens is 264 g/mol. The fourth-order valence-corrected chi connectivity index (χ4v) is 2.21. The highest BCUT2D eigenvalue weighted by Crippen LogP contribution is 2.14. The smallest absolute Gasteiger partial charge is 0.271 e. The molecule has 0 aliphatic carbocycles. The normalized spacial score (nSPS) is 11.2.